The van der Waals surface area contributed by atoms with E-state index in [2.05, 4.69) is 50.4 Å². The highest BCUT2D eigenvalue weighted by Crippen LogP contribution is 2.52. The number of hydrogen-bond acceptors (Lipinski definition) is 1. The Labute approximate surface area is 127 Å². The summed E-state index contributed by atoms with van der Waals surface area (Å²) in [5.74, 6) is 1.47. The number of anilines is 1. The van der Waals surface area contributed by atoms with Crippen LogP contribution in [0.4, 0.5) is 5.69 Å². The maximum Gasteiger partial charge on any atom is 0.228 e. The maximum atomic E-state index is 12.6. The van der Waals surface area contributed by atoms with Gasteiger partial charge in [-0.3, -0.25) is 4.79 Å². The highest BCUT2D eigenvalue weighted by Gasteiger charge is 2.52. The molecule has 2 aliphatic rings. The monoisotopic (exact) mass is 283 g/mol. The Balaban J connectivity index is 1.73. The number of aryl methyl sites for hydroxylation is 3. The molecule has 1 aromatic carbocycles. The zero-order valence-electron chi connectivity index (χ0n) is 13.3. The van der Waals surface area contributed by atoms with E-state index < -0.39 is 0 Å². The second kappa shape index (κ2) is 5.67. The standard InChI is InChI=1S/C19H25NO/c1-12-10-13(2)18(14(3)11-12)20-19(21)17-15-8-6-4-5-7-9-16(15)17/h6,8,10-11,15-17H,4-5,7,9H2,1-3H3,(H,20,21)/t15-,16-,17+/m0/s1. The number of benzene rings is 1. The van der Waals surface area contributed by atoms with Crippen LogP contribution in [0.25, 0.3) is 0 Å². The van der Waals surface area contributed by atoms with Gasteiger partial charge in [0.15, 0.2) is 0 Å². The minimum atomic E-state index is 0.194. The fourth-order valence-corrected chi connectivity index (χ4v) is 3.88. The predicted octanol–water partition coefficient (Wildman–Crippen LogP) is 4.54. The minimum Gasteiger partial charge on any atom is -0.325 e. The van der Waals surface area contributed by atoms with Crippen LogP contribution in [-0.2, 0) is 4.79 Å². The molecule has 1 fully saturated rings. The molecule has 1 amide bonds. The lowest BCUT2D eigenvalue weighted by atomic mass is 10.0. The molecule has 112 valence electrons. The molecule has 0 unspecified atom stereocenters. The van der Waals surface area contributed by atoms with E-state index in [1.807, 2.05) is 0 Å². The first-order valence-corrected chi connectivity index (χ1v) is 8.13. The topological polar surface area (TPSA) is 29.1 Å². The molecule has 1 N–H and O–H groups in total. The molecule has 3 atom stereocenters. The highest BCUT2D eigenvalue weighted by atomic mass is 16.2. The van der Waals surface area contributed by atoms with Crippen LogP contribution in [0, 0.1) is 38.5 Å². The first-order valence-electron chi connectivity index (χ1n) is 8.13. The van der Waals surface area contributed by atoms with E-state index in [1.54, 1.807) is 0 Å². The Morgan fingerprint density at radius 3 is 2.57 bits per heavy atom. The predicted molar refractivity (Wildman–Crippen MR) is 87.4 cm³/mol. The van der Waals surface area contributed by atoms with Crippen molar-refractivity contribution in [3.05, 3.63) is 41.0 Å². The summed E-state index contributed by atoms with van der Waals surface area (Å²) in [5, 5.41) is 3.19. The Morgan fingerprint density at radius 1 is 1.14 bits per heavy atom. The van der Waals surface area contributed by atoms with Crippen molar-refractivity contribution >= 4 is 11.6 Å². The van der Waals surface area contributed by atoms with Crippen molar-refractivity contribution in [2.24, 2.45) is 17.8 Å². The molecule has 2 aliphatic carbocycles. The zero-order valence-corrected chi connectivity index (χ0v) is 13.3. The van der Waals surface area contributed by atoms with E-state index in [9.17, 15) is 4.79 Å². The van der Waals surface area contributed by atoms with E-state index in [0.717, 1.165) is 16.8 Å². The lowest BCUT2D eigenvalue weighted by molar-refractivity contribution is -0.117. The van der Waals surface area contributed by atoms with Crippen LogP contribution in [0.3, 0.4) is 0 Å². The van der Waals surface area contributed by atoms with E-state index >= 15 is 0 Å². The first kappa shape index (κ1) is 14.4. The van der Waals surface area contributed by atoms with Crippen molar-refractivity contribution < 1.29 is 4.79 Å². The van der Waals surface area contributed by atoms with E-state index in [4.69, 9.17) is 0 Å². The molecule has 0 radical (unpaired) electrons. The lowest BCUT2D eigenvalue weighted by Crippen LogP contribution is -2.17. The number of carbonyl (C=O) groups excluding carboxylic acids is 1. The average molecular weight is 283 g/mol. The number of amides is 1. The van der Waals surface area contributed by atoms with Crippen LogP contribution >= 0.6 is 0 Å². The summed E-state index contributed by atoms with van der Waals surface area (Å²) < 4.78 is 0. The van der Waals surface area contributed by atoms with Crippen molar-refractivity contribution in [2.75, 3.05) is 5.32 Å². The molecular formula is C19H25NO. The van der Waals surface area contributed by atoms with Gasteiger partial charge in [0.2, 0.25) is 5.91 Å². The second-order valence-electron chi connectivity index (χ2n) is 6.74. The van der Waals surface area contributed by atoms with Gasteiger partial charge in [0.25, 0.3) is 0 Å². The van der Waals surface area contributed by atoms with Crippen LogP contribution in [0.1, 0.15) is 42.4 Å². The highest BCUT2D eigenvalue weighted by molar-refractivity contribution is 5.96. The Morgan fingerprint density at radius 2 is 1.86 bits per heavy atom. The van der Waals surface area contributed by atoms with Gasteiger partial charge in [-0.2, -0.15) is 0 Å². The van der Waals surface area contributed by atoms with Crippen LogP contribution in [-0.4, -0.2) is 5.91 Å². The first-order chi connectivity index (χ1) is 10.1. The summed E-state index contributed by atoms with van der Waals surface area (Å²) in [5.41, 5.74) is 4.58. The molecule has 0 heterocycles. The second-order valence-corrected chi connectivity index (χ2v) is 6.74. The Kier molecular flexibility index (Phi) is 3.88. The molecule has 0 saturated heterocycles. The number of fused-ring (bicyclic) bond motifs is 1. The molecule has 0 aliphatic heterocycles. The van der Waals surface area contributed by atoms with E-state index in [1.165, 1.54) is 31.2 Å². The Hall–Kier alpha value is -1.57. The van der Waals surface area contributed by atoms with Gasteiger partial charge in [0.1, 0.15) is 0 Å². The molecule has 1 saturated carbocycles. The van der Waals surface area contributed by atoms with Gasteiger partial charge in [-0.25, -0.2) is 0 Å². The number of rotatable bonds is 2. The fraction of sp³-hybridized carbons (Fsp3) is 0.526. The minimum absolute atomic E-state index is 0.194. The maximum absolute atomic E-state index is 12.6. The molecule has 0 bridgehead atoms. The van der Waals surface area contributed by atoms with E-state index in [-0.39, 0.29) is 11.8 Å². The van der Waals surface area contributed by atoms with Gasteiger partial charge >= 0.3 is 0 Å². The smallest absolute Gasteiger partial charge is 0.228 e. The molecule has 0 aromatic heterocycles. The summed E-state index contributed by atoms with van der Waals surface area (Å²) in [4.78, 5) is 12.6. The van der Waals surface area contributed by atoms with Gasteiger partial charge in [-0.1, -0.05) is 36.3 Å². The largest absolute Gasteiger partial charge is 0.325 e. The normalized spacial score (nSPS) is 27.5. The van der Waals surface area contributed by atoms with Crippen molar-refractivity contribution in [3.8, 4) is 0 Å². The van der Waals surface area contributed by atoms with Crippen LogP contribution in [0.2, 0.25) is 0 Å². The lowest BCUT2D eigenvalue weighted by Gasteiger charge is -2.13. The summed E-state index contributed by atoms with van der Waals surface area (Å²) in [6, 6.07) is 4.27. The van der Waals surface area contributed by atoms with Gasteiger partial charge in [0.05, 0.1) is 0 Å². The van der Waals surface area contributed by atoms with Gasteiger partial charge in [-0.15, -0.1) is 0 Å². The summed E-state index contributed by atoms with van der Waals surface area (Å²) in [6.07, 6.45) is 9.46. The number of hydrogen-bond donors (Lipinski definition) is 1. The summed E-state index contributed by atoms with van der Waals surface area (Å²) >= 11 is 0. The third-order valence-electron chi connectivity index (χ3n) is 4.97. The molecule has 0 spiro atoms. The van der Waals surface area contributed by atoms with Crippen molar-refractivity contribution in [2.45, 2.75) is 46.5 Å². The van der Waals surface area contributed by atoms with Crippen LogP contribution in [0.5, 0.6) is 0 Å². The average Bonchev–Trinajstić information content (AvgIpc) is 3.05. The molecule has 2 heteroatoms. The molecule has 1 aromatic rings. The van der Waals surface area contributed by atoms with Crippen molar-refractivity contribution in [3.63, 3.8) is 0 Å². The van der Waals surface area contributed by atoms with Gasteiger partial charge in [-0.05, 0) is 63.0 Å². The number of nitrogens with one attached hydrogen (secondary N) is 1. The van der Waals surface area contributed by atoms with Crippen molar-refractivity contribution in [1.82, 2.24) is 0 Å². The van der Waals surface area contributed by atoms with Crippen molar-refractivity contribution in [1.29, 1.82) is 0 Å². The zero-order chi connectivity index (χ0) is 15.0. The van der Waals surface area contributed by atoms with Gasteiger partial charge in [0, 0.05) is 11.6 Å². The van der Waals surface area contributed by atoms with Crippen LogP contribution < -0.4 is 5.32 Å². The molecule has 2 nitrogen and oxygen atoms in total. The number of allylic oxidation sites excluding steroid dienone is 2. The van der Waals surface area contributed by atoms with E-state index in [0.29, 0.717) is 11.8 Å². The Bertz CT molecular complexity index is 564. The number of carbonyl (C=O) groups is 1. The quantitative estimate of drug-likeness (QED) is 0.793. The van der Waals surface area contributed by atoms with Gasteiger partial charge < -0.3 is 5.32 Å². The SMILES string of the molecule is Cc1cc(C)c(NC(=O)[C@@H]2[C@H]3C=CCCCC[C@@H]32)c(C)c1. The fourth-order valence-electron chi connectivity index (χ4n) is 3.88. The summed E-state index contributed by atoms with van der Waals surface area (Å²) in [6.45, 7) is 6.25. The third kappa shape index (κ3) is 2.90. The molecule has 3 rings (SSSR count). The summed E-state index contributed by atoms with van der Waals surface area (Å²) in [7, 11) is 0. The molecular weight excluding hydrogens is 258 g/mol. The third-order valence-corrected chi connectivity index (χ3v) is 4.97. The molecule has 21 heavy (non-hydrogen) atoms. The van der Waals surface area contributed by atoms with Crippen LogP contribution in [0.15, 0.2) is 24.3 Å².